The van der Waals surface area contributed by atoms with E-state index >= 15 is 0 Å². The van der Waals surface area contributed by atoms with Crippen molar-refractivity contribution in [1.82, 2.24) is 0 Å². The third-order valence-corrected chi connectivity index (χ3v) is 8.52. The van der Waals surface area contributed by atoms with E-state index in [4.69, 9.17) is 9.47 Å². The zero-order valence-corrected chi connectivity index (χ0v) is 20.0. The SMILES string of the molecule is CCCC1CCC(C2CCC(CCC3Cc4ccc(OCC)c(F)c4OC3=O)CC2)CC1. The molecule has 3 aliphatic rings. The summed E-state index contributed by atoms with van der Waals surface area (Å²) >= 11 is 0. The quantitative estimate of drug-likeness (QED) is 0.308. The van der Waals surface area contributed by atoms with Crippen LogP contribution in [-0.4, -0.2) is 12.6 Å². The molecular weight excluding hydrogens is 403 g/mol. The predicted octanol–water partition coefficient (Wildman–Crippen LogP) is 7.50. The Balaban J connectivity index is 1.22. The maximum atomic E-state index is 14.6. The molecule has 32 heavy (non-hydrogen) atoms. The normalized spacial score (nSPS) is 30.5. The molecule has 1 unspecified atom stereocenters. The molecule has 1 aliphatic heterocycles. The molecule has 0 aromatic heterocycles. The first-order valence-electron chi connectivity index (χ1n) is 13.2. The Morgan fingerprint density at radius 2 is 1.53 bits per heavy atom. The summed E-state index contributed by atoms with van der Waals surface area (Å²) in [6.07, 6.45) is 16.5. The van der Waals surface area contributed by atoms with E-state index in [0.717, 1.165) is 42.1 Å². The van der Waals surface area contributed by atoms with Crippen LogP contribution in [0.25, 0.3) is 0 Å². The van der Waals surface area contributed by atoms with Crippen LogP contribution in [0.2, 0.25) is 0 Å². The zero-order chi connectivity index (χ0) is 22.5. The number of ether oxygens (including phenoxy) is 2. The minimum absolute atomic E-state index is 0.0753. The summed E-state index contributed by atoms with van der Waals surface area (Å²) in [5.41, 5.74) is 0.790. The number of esters is 1. The van der Waals surface area contributed by atoms with Crippen LogP contribution >= 0.6 is 0 Å². The van der Waals surface area contributed by atoms with Crippen molar-refractivity contribution in [3.63, 3.8) is 0 Å². The highest BCUT2D eigenvalue weighted by Gasteiger charge is 2.34. The molecule has 178 valence electrons. The Hall–Kier alpha value is -1.58. The van der Waals surface area contributed by atoms with E-state index in [9.17, 15) is 9.18 Å². The molecule has 0 amide bonds. The van der Waals surface area contributed by atoms with Crippen LogP contribution in [0.5, 0.6) is 11.5 Å². The van der Waals surface area contributed by atoms with E-state index < -0.39 is 5.82 Å². The van der Waals surface area contributed by atoms with Crippen molar-refractivity contribution < 1.29 is 18.7 Å². The molecule has 1 aromatic rings. The summed E-state index contributed by atoms with van der Waals surface area (Å²) in [4.78, 5) is 12.6. The highest BCUT2D eigenvalue weighted by molar-refractivity contribution is 5.78. The second-order valence-electron chi connectivity index (χ2n) is 10.5. The van der Waals surface area contributed by atoms with Gasteiger partial charge in [0.1, 0.15) is 0 Å². The fourth-order valence-electron chi connectivity index (χ4n) is 6.61. The van der Waals surface area contributed by atoms with Crippen LogP contribution in [0.1, 0.15) is 96.5 Å². The third-order valence-electron chi connectivity index (χ3n) is 8.52. The summed E-state index contributed by atoms with van der Waals surface area (Å²) in [5, 5.41) is 0. The van der Waals surface area contributed by atoms with Gasteiger partial charge in [-0.05, 0) is 87.2 Å². The van der Waals surface area contributed by atoms with Gasteiger partial charge in [-0.15, -0.1) is 0 Å². The van der Waals surface area contributed by atoms with Crippen LogP contribution in [0.15, 0.2) is 12.1 Å². The Kier molecular flexibility index (Phi) is 8.12. The standard InChI is InChI=1S/C28H41FO3/c1-3-5-19-6-11-21(12-7-19)22-13-8-20(9-14-22)10-15-24-18-23-16-17-25(31-4-2)26(29)27(23)32-28(24)30/h16-17,19-22,24H,3-15,18H2,1-2H3. The van der Waals surface area contributed by atoms with Crippen molar-refractivity contribution in [2.24, 2.45) is 29.6 Å². The Labute approximate surface area is 193 Å². The fourth-order valence-corrected chi connectivity index (χ4v) is 6.61. The lowest BCUT2D eigenvalue weighted by Crippen LogP contribution is -2.29. The lowest BCUT2D eigenvalue weighted by Gasteiger charge is -2.38. The number of carbonyl (C=O) groups is 1. The molecule has 3 nitrogen and oxygen atoms in total. The van der Waals surface area contributed by atoms with Gasteiger partial charge in [0.15, 0.2) is 11.5 Å². The van der Waals surface area contributed by atoms with Gasteiger partial charge in [-0.25, -0.2) is 0 Å². The third kappa shape index (κ3) is 5.48. The largest absolute Gasteiger partial charge is 0.491 e. The number of rotatable bonds is 8. The summed E-state index contributed by atoms with van der Waals surface area (Å²) in [6.45, 7) is 4.51. The van der Waals surface area contributed by atoms with Gasteiger partial charge in [0.05, 0.1) is 12.5 Å². The molecule has 1 aromatic carbocycles. The van der Waals surface area contributed by atoms with Crippen molar-refractivity contribution in [2.75, 3.05) is 6.61 Å². The molecule has 4 rings (SSSR count). The monoisotopic (exact) mass is 444 g/mol. The van der Waals surface area contributed by atoms with Gasteiger partial charge in [-0.2, -0.15) is 4.39 Å². The number of hydrogen-bond donors (Lipinski definition) is 0. The van der Waals surface area contributed by atoms with Crippen molar-refractivity contribution in [1.29, 1.82) is 0 Å². The van der Waals surface area contributed by atoms with E-state index in [1.807, 2.05) is 13.0 Å². The summed E-state index contributed by atoms with van der Waals surface area (Å²) in [6, 6.07) is 3.51. The number of halogens is 1. The van der Waals surface area contributed by atoms with Gasteiger partial charge in [-0.1, -0.05) is 51.5 Å². The fraction of sp³-hybridized carbons (Fsp3) is 0.750. The topological polar surface area (TPSA) is 35.5 Å². The van der Waals surface area contributed by atoms with Gasteiger partial charge in [0.2, 0.25) is 5.82 Å². The highest BCUT2D eigenvalue weighted by atomic mass is 19.1. The Morgan fingerprint density at radius 1 is 0.906 bits per heavy atom. The van der Waals surface area contributed by atoms with Crippen molar-refractivity contribution in [3.8, 4) is 11.5 Å². The smallest absolute Gasteiger partial charge is 0.314 e. The number of fused-ring (bicyclic) bond motifs is 1. The van der Waals surface area contributed by atoms with Crippen molar-refractivity contribution >= 4 is 5.97 Å². The zero-order valence-electron chi connectivity index (χ0n) is 20.0. The number of carbonyl (C=O) groups excluding carboxylic acids is 1. The van der Waals surface area contributed by atoms with Gasteiger partial charge in [-0.3, -0.25) is 4.79 Å². The van der Waals surface area contributed by atoms with E-state index in [1.165, 1.54) is 64.2 Å². The molecule has 1 heterocycles. The van der Waals surface area contributed by atoms with Crippen LogP contribution in [0, 0.1) is 35.4 Å². The second-order valence-corrected chi connectivity index (χ2v) is 10.5. The first-order chi connectivity index (χ1) is 15.6. The minimum Gasteiger partial charge on any atom is -0.491 e. The average molecular weight is 445 g/mol. The van der Waals surface area contributed by atoms with Crippen LogP contribution in [0.4, 0.5) is 4.39 Å². The molecule has 0 N–H and O–H groups in total. The lowest BCUT2D eigenvalue weighted by molar-refractivity contribution is -0.140. The number of hydrogen-bond acceptors (Lipinski definition) is 3. The van der Waals surface area contributed by atoms with Crippen LogP contribution < -0.4 is 9.47 Å². The number of benzene rings is 1. The maximum Gasteiger partial charge on any atom is 0.314 e. The summed E-state index contributed by atoms with van der Waals surface area (Å²) in [7, 11) is 0. The van der Waals surface area contributed by atoms with Gasteiger partial charge in [0, 0.05) is 0 Å². The van der Waals surface area contributed by atoms with Crippen molar-refractivity contribution in [3.05, 3.63) is 23.5 Å². The summed E-state index contributed by atoms with van der Waals surface area (Å²) < 4.78 is 25.3. The van der Waals surface area contributed by atoms with E-state index in [-0.39, 0.29) is 23.4 Å². The molecule has 0 radical (unpaired) electrons. The van der Waals surface area contributed by atoms with E-state index in [0.29, 0.717) is 13.0 Å². The first kappa shape index (κ1) is 23.6. The molecular formula is C28H41FO3. The van der Waals surface area contributed by atoms with E-state index in [2.05, 4.69) is 6.92 Å². The van der Waals surface area contributed by atoms with Gasteiger partial charge in [0.25, 0.3) is 0 Å². The Bertz CT molecular complexity index is 760. The van der Waals surface area contributed by atoms with Crippen LogP contribution in [0.3, 0.4) is 0 Å². The molecule has 0 spiro atoms. The van der Waals surface area contributed by atoms with Crippen molar-refractivity contribution in [2.45, 2.75) is 97.3 Å². The molecule has 0 saturated heterocycles. The lowest BCUT2D eigenvalue weighted by atomic mass is 9.68. The molecule has 4 heteroatoms. The van der Waals surface area contributed by atoms with E-state index in [1.54, 1.807) is 6.07 Å². The molecule has 2 fully saturated rings. The highest BCUT2D eigenvalue weighted by Crippen LogP contribution is 2.44. The van der Waals surface area contributed by atoms with Gasteiger partial charge >= 0.3 is 5.97 Å². The second kappa shape index (κ2) is 11.0. The molecule has 2 aliphatic carbocycles. The first-order valence-corrected chi connectivity index (χ1v) is 13.2. The molecule has 2 saturated carbocycles. The maximum absolute atomic E-state index is 14.6. The Morgan fingerprint density at radius 3 is 2.12 bits per heavy atom. The molecule has 0 bridgehead atoms. The van der Waals surface area contributed by atoms with Crippen LogP contribution in [-0.2, 0) is 11.2 Å². The average Bonchev–Trinajstić information content (AvgIpc) is 2.81. The predicted molar refractivity (Wildman–Crippen MR) is 125 cm³/mol. The molecule has 1 atom stereocenters. The summed E-state index contributed by atoms with van der Waals surface area (Å²) in [5.74, 6) is 2.89. The minimum atomic E-state index is -0.543. The van der Waals surface area contributed by atoms with Gasteiger partial charge < -0.3 is 9.47 Å².